The molecule has 0 saturated heterocycles. The van der Waals surface area contributed by atoms with Crippen LogP contribution in [0.2, 0.25) is 0 Å². The lowest BCUT2D eigenvalue weighted by Gasteiger charge is -2.33. The molecule has 0 spiro atoms. The fourth-order valence-corrected chi connectivity index (χ4v) is 3.72. The summed E-state index contributed by atoms with van der Waals surface area (Å²) < 4.78 is 0. The van der Waals surface area contributed by atoms with Crippen molar-refractivity contribution in [2.45, 2.75) is 38.5 Å². The monoisotopic (exact) mass is 536 g/mol. The molecule has 5 nitrogen and oxygen atoms in total. The van der Waals surface area contributed by atoms with E-state index >= 15 is 0 Å². The number of carbonyl (C=O) groups is 1. The Labute approximate surface area is 204 Å². The molecule has 0 aromatic heterocycles. The topological polar surface area (TPSA) is 56.7 Å². The van der Waals surface area contributed by atoms with E-state index in [0.29, 0.717) is 0 Å². The molecule has 0 atom stereocenters. The van der Waals surface area contributed by atoms with Gasteiger partial charge in [-0.1, -0.05) is 56.3 Å². The van der Waals surface area contributed by atoms with E-state index in [1.54, 1.807) is 26.0 Å². The first-order chi connectivity index (χ1) is 14.5. The second kappa shape index (κ2) is 13.3. The van der Waals surface area contributed by atoms with Gasteiger partial charge in [-0.3, -0.25) is 9.79 Å². The fraction of sp³-hybridized carbons (Fsp3) is 0.440. The zero-order chi connectivity index (χ0) is 22.0. The van der Waals surface area contributed by atoms with Crippen LogP contribution in [0.15, 0.2) is 59.6 Å². The van der Waals surface area contributed by atoms with Crippen molar-refractivity contribution in [2.24, 2.45) is 4.99 Å². The number of amides is 1. The zero-order valence-corrected chi connectivity index (χ0v) is 21.8. The molecule has 2 aromatic carbocycles. The molecule has 0 aliphatic heterocycles. The molecule has 0 aliphatic carbocycles. The molecule has 0 aliphatic rings. The average Bonchev–Trinajstić information content (AvgIpc) is 2.79. The summed E-state index contributed by atoms with van der Waals surface area (Å²) in [6.45, 7) is 6.07. The largest absolute Gasteiger partial charge is 0.356 e. The summed E-state index contributed by atoms with van der Waals surface area (Å²) in [5.74, 6) is 0.830. The number of benzene rings is 2. The molecular weight excluding hydrogens is 499 g/mol. The molecular formula is C25H37IN4O. The van der Waals surface area contributed by atoms with Crippen molar-refractivity contribution < 1.29 is 4.79 Å². The van der Waals surface area contributed by atoms with Crippen LogP contribution < -0.4 is 10.6 Å². The molecule has 0 heterocycles. The Hall–Kier alpha value is -2.09. The lowest BCUT2D eigenvalue weighted by molar-refractivity contribution is 0.0827. The lowest BCUT2D eigenvalue weighted by Crippen LogP contribution is -2.45. The minimum absolute atomic E-state index is 0. The van der Waals surface area contributed by atoms with E-state index in [4.69, 9.17) is 0 Å². The molecule has 0 saturated carbocycles. The Morgan fingerprint density at radius 3 is 2.26 bits per heavy atom. The van der Waals surface area contributed by atoms with Gasteiger partial charge in [0.2, 0.25) is 0 Å². The van der Waals surface area contributed by atoms with Crippen LogP contribution in [0.5, 0.6) is 0 Å². The van der Waals surface area contributed by atoms with Gasteiger partial charge >= 0.3 is 0 Å². The first-order valence-corrected chi connectivity index (χ1v) is 10.8. The fourth-order valence-electron chi connectivity index (χ4n) is 3.72. The van der Waals surface area contributed by atoms with Crippen LogP contribution in [0.3, 0.4) is 0 Å². The highest BCUT2D eigenvalue weighted by Gasteiger charge is 2.28. The second-order valence-electron chi connectivity index (χ2n) is 7.86. The first-order valence-electron chi connectivity index (χ1n) is 10.8. The van der Waals surface area contributed by atoms with E-state index in [1.807, 2.05) is 18.2 Å². The number of halogens is 1. The maximum absolute atomic E-state index is 12.2. The van der Waals surface area contributed by atoms with Crippen LogP contribution in [-0.2, 0) is 11.8 Å². The predicted molar refractivity (Wildman–Crippen MR) is 142 cm³/mol. The van der Waals surface area contributed by atoms with Crippen molar-refractivity contribution in [3.8, 4) is 0 Å². The summed E-state index contributed by atoms with van der Waals surface area (Å²) in [5.41, 5.74) is 3.30. The number of carbonyl (C=O) groups excluding carboxylic acids is 1. The third-order valence-electron chi connectivity index (χ3n) is 5.84. The third kappa shape index (κ3) is 7.52. The standard InChI is InChI=1S/C25H36N4O.HI/c1-6-25(7-2,22-14-9-8-10-15-22)19-28-24(26-3)27-17-16-20-12-11-13-21(18-20)23(30)29(4)5;/h8-15,18H,6-7,16-17,19H2,1-5H3,(H2,26,27,28);1H. The van der Waals surface area contributed by atoms with Gasteiger partial charge in [-0.15, -0.1) is 24.0 Å². The molecule has 170 valence electrons. The van der Waals surface area contributed by atoms with E-state index in [1.165, 1.54) is 5.56 Å². The maximum atomic E-state index is 12.2. The van der Waals surface area contributed by atoms with E-state index in [-0.39, 0.29) is 35.3 Å². The van der Waals surface area contributed by atoms with Gasteiger partial charge in [0, 0.05) is 45.2 Å². The molecule has 2 rings (SSSR count). The van der Waals surface area contributed by atoms with Crippen molar-refractivity contribution in [2.75, 3.05) is 34.2 Å². The van der Waals surface area contributed by atoms with Crippen molar-refractivity contribution in [3.63, 3.8) is 0 Å². The van der Waals surface area contributed by atoms with E-state index in [9.17, 15) is 4.79 Å². The minimum atomic E-state index is 0. The van der Waals surface area contributed by atoms with Crippen molar-refractivity contribution >= 4 is 35.8 Å². The van der Waals surface area contributed by atoms with Crippen molar-refractivity contribution in [1.29, 1.82) is 0 Å². The highest BCUT2D eigenvalue weighted by Crippen LogP contribution is 2.30. The van der Waals surface area contributed by atoms with Crippen molar-refractivity contribution in [3.05, 3.63) is 71.3 Å². The van der Waals surface area contributed by atoms with Gasteiger partial charge in [-0.2, -0.15) is 0 Å². The summed E-state index contributed by atoms with van der Waals surface area (Å²) in [7, 11) is 5.34. The zero-order valence-electron chi connectivity index (χ0n) is 19.4. The van der Waals surface area contributed by atoms with E-state index < -0.39 is 0 Å². The van der Waals surface area contributed by atoms with Gasteiger partial charge in [0.25, 0.3) is 5.91 Å². The minimum Gasteiger partial charge on any atom is -0.356 e. The Bertz CT molecular complexity index is 832. The lowest BCUT2D eigenvalue weighted by atomic mass is 9.76. The Morgan fingerprint density at radius 1 is 1.00 bits per heavy atom. The highest BCUT2D eigenvalue weighted by molar-refractivity contribution is 14.0. The van der Waals surface area contributed by atoms with E-state index in [0.717, 1.165) is 49.4 Å². The van der Waals surface area contributed by atoms with Gasteiger partial charge in [0.1, 0.15) is 0 Å². The normalized spacial score (nSPS) is 11.5. The van der Waals surface area contributed by atoms with Gasteiger partial charge in [-0.05, 0) is 42.5 Å². The smallest absolute Gasteiger partial charge is 0.253 e. The first kappa shape index (κ1) is 26.9. The molecule has 2 N–H and O–H groups in total. The Morgan fingerprint density at radius 2 is 1.68 bits per heavy atom. The van der Waals surface area contributed by atoms with E-state index in [2.05, 4.69) is 65.9 Å². The summed E-state index contributed by atoms with van der Waals surface area (Å²) >= 11 is 0. The van der Waals surface area contributed by atoms with Gasteiger partial charge < -0.3 is 15.5 Å². The molecule has 6 heteroatoms. The number of nitrogens with zero attached hydrogens (tertiary/aromatic N) is 2. The molecule has 0 bridgehead atoms. The second-order valence-corrected chi connectivity index (χ2v) is 7.86. The molecule has 0 fully saturated rings. The molecule has 2 aromatic rings. The van der Waals surface area contributed by atoms with Crippen LogP contribution in [-0.4, -0.2) is 51.0 Å². The number of rotatable bonds is 9. The maximum Gasteiger partial charge on any atom is 0.253 e. The third-order valence-corrected chi connectivity index (χ3v) is 5.84. The number of guanidine groups is 1. The number of nitrogens with one attached hydrogen (secondary N) is 2. The summed E-state index contributed by atoms with van der Waals surface area (Å²) in [6.07, 6.45) is 2.94. The van der Waals surface area contributed by atoms with Gasteiger partial charge in [0.15, 0.2) is 5.96 Å². The Kier molecular flexibility index (Phi) is 11.6. The predicted octanol–water partition coefficient (Wildman–Crippen LogP) is 4.47. The van der Waals surface area contributed by atoms with Crippen LogP contribution >= 0.6 is 24.0 Å². The van der Waals surface area contributed by atoms with Crippen LogP contribution in [0.1, 0.15) is 48.2 Å². The van der Waals surface area contributed by atoms with Gasteiger partial charge in [0.05, 0.1) is 0 Å². The highest BCUT2D eigenvalue weighted by atomic mass is 127. The van der Waals surface area contributed by atoms with Crippen LogP contribution in [0, 0.1) is 0 Å². The quantitative estimate of drug-likeness (QED) is 0.283. The van der Waals surface area contributed by atoms with Crippen LogP contribution in [0.4, 0.5) is 0 Å². The summed E-state index contributed by atoms with van der Waals surface area (Å²) in [6, 6.07) is 18.5. The molecule has 1 amide bonds. The summed E-state index contributed by atoms with van der Waals surface area (Å²) in [4.78, 5) is 18.1. The van der Waals surface area contributed by atoms with Gasteiger partial charge in [-0.25, -0.2) is 0 Å². The Balaban J connectivity index is 0.00000480. The number of hydrogen-bond acceptors (Lipinski definition) is 2. The number of hydrogen-bond donors (Lipinski definition) is 2. The van der Waals surface area contributed by atoms with Crippen molar-refractivity contribution in [1.82, 2.24) is 15.5 Å². The molecule has 31 heavy (non-hydrogen) atoms. The van der Waals surface area contributed by atoms with Crippen LogP contribution in [0.25, 0.3) is 0 Å². The summed E-state index contributed by atoms with van der Waals surface area (Å²) in [5, 5.41) is 6.92. The SMILES string of the molecule is CCC(CC)(CNC(=NC)NCCc1cccc(C(=O)N(C)C)c1)c1ccccc1.I. The number of aliphatic imine (C=N–C) groups is 1. The average molecular weight is 537 g/mol. The molecule has 0 unspecified atom stereocenters. The molecule has 0 radical (unpaired) electrons.